The van der Waals surface area contributed by atoms with Crippen LogP contribution in [0.4, 0.5) is 10.5 Å². The Balaban J connectivity index is 1.72. The second-order valence-electron chi connectivity index (χ2n) is 6.54. The first-order chi connectivity index (χ1) is 10.4. The van der Waals surface area contributed by atoms with Gasteiger partial charge in [-0.3, -0.25) is 10.2 Å². The highest BCUT2D eigenvalue weighted by Gasteiger charge is 2.14. The fraction of sp³-hybridized carbons (Fsp3) is 0.588. The minimum atomic E-state index is -0.406. The van der Waals surface area contributed by atoms with Crippen LogP contribution in [-0.4, -0.2) is 50.4 Å². The Morgan fingerprint density at radius 1 is 1.23 bits per heavy atom. The van der Waals surface area contributed by atoms with Gasteiger partial charge in [-0.1, -0.05) is 32.9 Å². The van der Waals surface area contributed by atoms with Gasteiger partial charge in [-0.05, 0) is 23.1 Å². The van der Waals surface area contributed by atoms with Gasteiger partial charge in [0.05, 0.1) is 13.2 Å². The van der Waals surface area contributed by atoms with E-state index in [-0.39, 0.29) is 5.41 Å². The topological polar surface area (TPSA) is 50.8 Å². The lowest BCUT2D eigenvalue weighted by molar-refractivity contribution is 0.0290. The first-order valence-corrected chi connectivity index (χ1v) is 7.79. The summed E-state index contributed by atoms with van der Waals surface area (Å²) in [5.74, 6) is 0. The summed E-state index contributed by atoms with van der Waals surface area (Å²) in [7, 11) is 0. The molecular formula is C17H26N2O3. The van der Waals surface area contributed by atoms with E-state index in [1.54, 1.807) is 0 Å². The van der Waals surface area contributed by atoms with Crippen LogP contribution in [0.5, 0.6) is 0 Å². The molecule has 2 rings (SSSR count). The molecule has 1 aliphatic rings. The maximum absolute atomic E-state index is 11.8. The first-order valence-electron chi connectivity index (χ1n) is 7.79. The number of ether oxygens (including phenoxy) is 2. The predicted octanol–water partition coefficient (Wildman–Crippen LogP) is 2.86. The van der Waals surface area contributed by atoms with Crippen molar-refractivity contribution in [3.8, 4) is 0 Å². The van der Waals surface area contributed by atoms with Gasteiger partial charge in [-0.15, -0.1) is 0 Å². The summed E-state index contributed by atoms with van der Waals surface area (Å²) in [6, 6.07) is 7.88. The number of morpholine rings is 1. The highest BCUT2D eigenvalue weighted by Crippen LogP contribution is 2.23. The van der Waals surface area contributed by atoms with E-state index in [1.165, 1.54) is 5.56 Å². The molecule has 1 aliphatic heterocycles. The number of hydrogen-bond donors (Lipinski definition) is 1. The molecule has 1 heterocycles. The number of carbonyl (C=O) groups excluding carboxylic acids is 1. The molecule has 1 aromatic carbocycles. The predicted molar refractivity (Wildman–Crippen MR) is 87.4 cm³/mol. The number of nitrogens with zero attached hydrogens (tertiary/aromatic N) is 1. The maximum atomic E-state index is 11.8. The van der Waals surface area contributed by atoms with Crippen LogP contribution in [0.1, 0.15) is 26.3 Å². The van der Waals surface area contributed by atoms with Crippen LogP contribution >= 0.6 is 0 Å². The van der Waals surface area contributed by atoms with Crippen LogP contribution < -0.4 is 5.32 Å². The Hall–Kier alpha value is -1.59. The highest BCUT2D eigenvalue weighted by molar-refractivity contribution is 5.84. The second kappa shape index (κ2) is 7.61. The number of nitrogens with one attached hydrogen (secondary N) is 1. The van der Waals surface area contributed by atoms with Crippen LogP contribution in [0.25, 0.3) is 0 Å². The van der Waals surface area contributed by atoms with Gasteiger partial charge < -0.3 is 9.47 Å². The molecule has 5 nitrogen and oxygen atoms in total. The number of anilines is 1. The van der Waals surface area contributed by atoms with Gasteiger partial charge in [0.25, 0.3) is 0 Å². The van der Waals surface area contributed by atoms with E-state index in [0.717, 1.165) is 38.5 Å². The molecule has 0 atom stereocenters. The van der Waals surface area contributed by atoms with E-state index in [4.69, 9.17) is 9.47 Å². The minimum absolute atomic E-state index is 0.108. The third-order valence-electron chi connectivity index (χ3n) is 3.74. The molecule has 122 valence electrons. The third-order valence-corrected chi connectivity index (χ3v) is 3.74. The summed E-state index contributed by atoms with van der Waals surface area (Å²) < 4.78 is 10.5. The van der Waals surface area contributed by atoms with Gasteiger partial charge in [0, 0.05) is 25.3 Å². The maximum Gasteiger partial charge on any atom is 0.411 e. The second-order valence-corrected chi connectivity index (χ2v) is 6.54. The Bertz CT molecular complexity index is 474. The molecule has 1 amide bonds. The van der Waals surface area contributed by atoms with E-state index in [2.05, 4.69) is 31.0 Å². The number of hydrogen-bond acceptors (Lipinski definition) is 4. The SMILES string of the molecule is CC(C)(C)c1ccc(NC(=O)OCCN2CCOCC2)cc1. The Labute approximate surface area is 132 Å². The van der Waals surface area contributed by atoms with Crippen molar-refractivity contribution in [3.05, 3.63) is 29.8 Å². The standard InChI is InChI=1S/C17H26N2O3/c1-17(2,3)14-4-6-15(7-5-14)18-16(20)22-13-10-19-8-11-21-12-9-19/h4-7H,8-13H2,1-3H3,(H,18,20). The van der Waals surface area contributed by atoms with Gasteiger partial charge in [0.1, 0.15) is 6.61 Å². The zero-order chi connectivity index (χ0) is 16.0. The molecule has 0 spiro atoms. The molecule has 1 fully saturated rings. The zero-order valence-corrected chi connectivity index (χ0v) is 13.7. The molecular weight excluding hydrogens is 280 g/mol. The van der Waals surface area contributed by atoms with Crippen LogP contribution in [0, 0.1) is 0 Å². The molecule has 0 unspecified atom stereocenters. The molecule has 0 radical (unpaired) electrons. The molecule has 1 saturated heterocycles. The van der Waals surface area contributed by atoms with Crippen molar-refractivity contribution < 1.29 is 14.3 Å². The molecule has 0 bridgehead atoms. The van der Waals surface area contributed by atoms with Crippen molar-refractivity contribution in [2.45, 2.75) is 26.2 Å². The number of carbonyl (C=O) groups is 1. The van der Waals surface area contributed by atoms with Gasteiger partial charge in [0.15, 0.2) is 0 Å². The third kappa shape index (κ3) is 5.31. The summed E-state index contributed by atoms with van der Waals surface area (Å²) in [4.78, 5) is 14.0. The van der Waals surface area contributed by atoms with E-state index < -0.39 is 6.09 Å². The zero-order valence-electron chi connectivity index (χ0n) is 13.7. The van der Waals surface area contributed by atoms with Gasteiger partial charge in [0.2, 0.25) is 0 Å². The fourth-order valence-corrected chi connectivity index (χ4v) is 2.30. The van der Waals surface area contributed by atoms with Crippen LogP contribution in [-0.2, 0) is 14.9 Å². The first kappa shape index (κ1) is 16.8. The van der Waals surface area contributed by atoms with Crippen molar-refractivity contribution in [2.24, 2.45) is 0 Å². The summed E-state index contributed by atoms with van der Waals surface area (Å²) >= 11 is 0. The average molecular weight is 306 g/mol. The molecule has 22 heavy (non-hydrogen) atoms. The van der Waals surface area contributed by atoms with Crippen molar-refractivity contribution in [2.75, 3.05) is 44.8 Å². The Kier molecular flexibility index (Phi) is 5.80. The van der Waals surface area contributed by atoms with E-state index in [0.29, 0.717) is 6.61 Å². The van der Waals surface area contributed by atoms with E-state index >= 15 is 0 Å². The molecule has 5 heteroatoms. The monoisotopic (exact) mass is 306 g/mol. The van der Waals surface area contributed by atoms with Crippen LogP contribution in [0.3, 0.4) is 0 Å². The van der Waals surface area contributed by atoms with Gasteiger partial charge in [-0.25, -0.2) is 4.79 Å². The van der Waals surface area contributed by atoms with Crippen LogP contribution in [0.15, 0.2) is 24.3 Å². The number of rotatable bonds is 4. The molecule has 0 aliphatic carbocycles. The number of amides is 1. The molecule has 1 N–H and O–H groups in total. The van der Waals surface area contributed by atoms with Crippen molar-refractivity contribution in [3.63, 3.8) is 0 Å². The lowest BCUT2D eigenvalue weighted by Gasteiger charge is -2.26. The van der Waals surface area contributed by atoms with E-state index in [9.17, 15) is 4.79 Å². The van der Waals surface area contributed by atoms with Crippen molar-refractivity contribution >= 4 is 11.8 Å². The normalized spacial score (nSPS) is 16.3. The number of benzene rings is 1. The quantitative estimate of drug-likeness (QED) is 0.929. The van der Waals surface area contributed by atoms with Crippen molar-refractivity contribution in [1.29, 1.82) is 0 Å². The lowest BCUT2D eigenvalue weighted by Crippen LogP contribution is -2.38. The van der Waals surface area contributed by atoms with Gasteiger partial charge >= 0.3 is 6.09 Å². The summed E-state index contributed by atoms with van der Waals surface area (Å²) in [5.41, 5.74) is 2.10. The Morgan fingerprint density at radius 2 is 1.86 bits per heavy atom. The summed E-state index contributed by atoms with van der Waals surface area (Å²) in [6.07, 6.45) is -0.406. The molecule has 0 aromatic heterocycles. The fourth-order valence-electron chi connectivity index (χ4n) is 2.30. The Morgan fingerprint density at radius 3 is 2.45 bits per heavy atom. The van der Waals surface area contributed by atoms with Crippen molar-refractivity contribution in [1.82, 2.24) is 4.90 Å². The largest absolute Gasteiger partial charge is 0.448 e. The molecule has 0 saturated carbocycles. The lowest BCUT2D eigenvalue weighted by atomic mass is 9.87. The minimum Gasteiger partial charge on any atom is -0.448 e. The van der Waals surface area contributed by atoms with E-state index in [1.807, 2.05) is 24.3 Å². The molecule has 1 aromatic rings. The van der Waals surface area contributed by atoms with Crippen LogP contribution in [0.2, 0.25) is 0 Å². The summed E-state index contributed by atoms with van der Waals surface area (Å²) in [6.45, 7) is 10.9. The average Bonchev–Trinajstić information content (AvgIpc) is 2.48. The van der Waals surface area contributed by atoms with Gasteiger partial charge in [-0.2, -0.15) is 0 Å². The smallest absolute Gasteiger partial charge is 0.411 e. The highest BCUT2D eigenvalue weighted by atomic mass is 16.5. The summed E-state index contributed by atoms with van der Waals surface area (Å²) in [5, 5.41) is 2.75.